The number of aryl methyl sites for hydroxylation is 2. The third-order valence-electron chi connectivity index (χ3n) is 3.92. The summed E-state index contributed by atoms with van der Waals surface area (Å²) in [6.07, 6.45) is -0.606. The number of nitrogens with one attached hydrogen (secondary N) is 2. The molecular weight excluding hydrogens is 344 g/mol. The van der Waals surface area contributed by atoms with Crippen LogP contribution in [0.2, 0.25) is 0 Å². The Kier molecular flexibility index (Phi) is 4.53. The summed E-state index contributed by atoms with van der Waals surface area (Å²) in [6.45, 7) is 6.22. The number of carbonyl (C=O) groups is 1. The van der Waals surface area contributed by atoms with Crippen LogP contribution in [0.4, 0.5) is 5.69 Å². The Morgan fingerprint density at radius 1 is 1.36 bits per heavy atom. The van der Waals surface area contributed by atoms with Gasteiger partial charge >= 0.3 is 0 Å². The van der Waals surface area contributed by atoms with Crippen molar-refractivity contribution in [3.8, 4) is 5.75 Å². The van der Waals surface area contributed by atoms with E-state index in [1.807, 2.05) is 19.9 Å². The molecule has 0 bridgehead atoms. The van der Waals surface area contributed by atoms with Crippen LogP contribution in [0.25, 0.3) is 0 Å². The zero-order valence-electron chi connectivity index (χ0n) is 14.2. The van der Waals surface area contributed by atoms with E-state index >= 15 is 0 Å². The molecule has 2 N–H and O–H groups in total. The van der Waals surface area contributed by atoms with E-state index in [2.05, 4.69) is 15.1 Å². The van der Waals surface area contributed by atoms with Gasteiger partial charge in [0.25, 0.3) is 5.91 Å². The highest BCUT2D eigenvalue weighted by atomic mass is 32.2. The number of amides is 1. The number of rotatable bonds is 5. The molecule has 2 heterocycles. The first kappa shape index (κ1) is 17.4. The fraction of sp³-hybridized carbons (Fsp3) is 0.375. The van der Waals surface area contributed by atoms with E-state index in [0.29, 0.717) is 18.0 Å². The Morgan fingerprint density at radius 3 is 2.84 bits per heavy atom. The van der Waals surface area contributed by atoms with Crippen LogP contribution in [0.15, 0.2) is 29.2 Å². The summed E-state index contributed by atoms with van der Waals surface area (Å²) >= 11 is 0. The molecule has 0 spiro atoms. The second-order valence-corrected chi connectivity index (χ2v) is 7.59. The molecule has 0 saturated carbocycles. The van der Waals surface area contributed by atoms with Crippen LogP contribution in [-0.2, 0) is 27.9 Å². The van der Waals surface area contributed by atoms with E-state index < -0.39 is 16.1 Å². The maximum atomic E-state index is 12.5. The van der Waals surface area contributed by atoms with Gasteiger partial charge in [-0.25, -0.2) is 13.1 Å². The summed E-state index contributed by atoms with van der Waals surface area (Å²) < 4.78 is 34.8. The third kappa shape index (κ3) is 3.52. The minimum atomic E-state index is -3.74. The molecule has 0 aliphatic carbocycles. The molecule has 8 nitrogen and oxygen atoms in total. The lowest BCUT2D eigenvalue weighted by molar-refractivity contribution is -0.122. The number of hydrogen-bond acceptors (Lipinski definition) is 5. The van der Waals surface area contributed by atoms with Crippen LogP contribution < -0.4 is 14.8 Å². The Morgan fingerprint density at radius 2 is 2.12 bits per heavy atom. The number of carbonyl (C=O) groups excluding carboxylic acids is 1. The van der Waals surface area contributed by atoms with Gasteiger partial charge in [-0.2, -0.15) is 5.10 Å². The third-order valence-corrected chi connectivity index (χ3v) is 5.32. The molecule has 1 atom stereocenters. The molecule has 1 aromatic heterocycles. The molecule has 0 radical (unpaired) electrons. The summed E-state index contributed by atoms with van der Waals surface area (Å²) in [5, 5.41) is 6.94. The van der Waals surface area contributed by atoms with E-state index in [9.17, 15) is 13.2 Å². The first-order valence-corrected chi connectivity index (χ1v) is 9.43. The predicted molar refractivity (Wildman–Crippen MR) is 91.8 cm³/mol. The minimum Gasteiger partial charge on any atom is -0.479 e. The number of aromatic nitrogens is 2. The molecule has 1 aliphatic rings. The van der Waals surface area contributed by atoms with Crippen molar-refractivity contribution in [1.82, 2.24) is 14.5 Å². The second-order valence-electron chi connectivity index (χ2n) is 5.82. The van der Waals surface area contributed by atoms with E-state index in [4.69, 9.17) is 4.74 Å². The largest absolute Gasteiger partial charge is 0.479 e. The molecule has 2 aromatic rings. The van der Waals surface area contributed by atoms with E-state index in [1.165, 1.54) is 12.1 Å². The number of ether oxygens (including phenoxy) is 1. The van der Waals surface area contributed by atoms with Crippen molar-refractivity contribution in [1.29, 1.82) is 0 Å². The number of sulfonamides is 1. The highest BCUT2D eigenvalue weighted by Gasteiger charge is 2.25. The van der Waals surface area contributed by atoms with Crippen molar-refractivity contribution < 1.29 is 17.9 Å². The highest BCUT2D eigenvalue weighted by molar-refractivity contribution is 7.89. The topological polar surface area (TPSA) is 102 Å². The lowest BCUT2D eigenvalue weighted by atomic mass is 10.2. The lowest BCUT2D eigenvalue weighted by Crippen LogP contribution is -2.34. The molecule has 9 heteroatoms. The van der Waals surface area contributed by atoms with Gasteiger partial charge < -0.3 is 10.1 Å². The smallest absolute Gasteiger partial charge is 0.265 e. The van der Waals surface area contributed by atoms with Crippen molar-refractivity contribution in [2.24, 2.45) is 0 Å². The molecule has 0 unspecified atom stereocenters. The van der Waals surface area contributed by atoms with Crippen molar-refractivity contribution in [3.05, 3.63) is 35.7 Å². The van der Waals surface area contributed by atoms with Gasteiger partial charge in [-0.3, -0.25) is 9.48 Å². The number of benzene rings is 1. The molecule has 0 saturated heterocycles. The lowest BCUT2D eigenvalue weighted by Gasteiger charge is -2.23. The molecule has 1 aliphatic heterocycles. The number of nitrogens with zero attached hydrogens (tertiary/aromatic N) is 2. The van der Waals surface area contributed by atoms with Gasteiger partial charge in [0.05, 0.1) is 28.5 Å². The zero-order chi connectivity index (χ0) is 18.2. The first-order valence-electron chi connectivity index (χ1n) is 7.94. The van der Waals surface area contributed by atoms with E-state index in [0.717, 1.165) is 11.4 Å². The summed E-state index contributed by atoms with van der Waals surface area (Å²) in [4.78, 5) is 11.7. The monoisotopic (exact) mass is 364 g/mol. The summed E-state index contributed by atoms with van der Waals surface area (Å²) in [5.41, 5.74) is 1.96. The number of hydrogen-bond donors (Lipinski definition) is 2. The molecule has 25 heavy (non-hydrogen) atoms. The van der Waals surface area contributed by atoms with Gasteiger partial charge in [0, 0.05) is 6.54 Å². The first-order chi connectivity index (χ1) is 11.8. The average molecular weight is 364 g/mol. The van der Waals surface area contributed by atoms with Gasteiger partial charge in [0.15, 0.2) is 6.10 Å². The molecule has 3 rings (SSSR count). The molecular formula is C16H20N4O4S. The minimum absolute atomic E-state index is 0.0592. The molecule has 1 amide bonds. The standard InChI is InChI=1S/C16H20N4O4S/c1-4-20-12(7-10(2)19-20)9-17-25(22,23)13-5-6-15-14(8-13)18-16(21)11(3)24-15/h5-8,11,17H,4,9H2,1-3H3,(H,18,21)/t11-/m0/s1. The fourth-order valence-corrected chi connectivity index (χ4v) is 3.65. The Balaban J connectivity index is 1.81. The summed E-state index contributed by atoms with van der Waals surface area (Å²) in [6, 6.07) is 6.23. The maximum absolute atomic E-state index is 12.5. The number of anilines is 1. The van der Waals surface area contributed by atoms with Crippen LogP contribution >= 0.6 is 0 Å². The zero-order valence-corrected chi connectivity index (χ0v) is 15.1. The Hall–Kier alpha value is -2.39. The van der Waals surface area contributed by atoms with Crippen LogP contribution in [0.3, 0.4) is 0 Å². The van der Waals surface area contributed by atoms with Gasteiger partial charge in [-0.1, -0.05) is 0 Å². The van der Waals surface area contributed by atoms with Crippen LogP contribution in [0.1, 0.15) is 25.2 Å². The van der Waals surface area contributed by atoms with E-state index in [1.54, 1.807) is 17.7 Å². The molecule has 1 aromatic carbocycles. The molecule has 0 fully saturated rings. The van der Waals surface area contributed by atoms with Crippen molar-refractivity contribution >= 4 is 21.6 Å². The van der Waals surface area contributed by atoms with E-state index in [-0.39, 0.29) is 17.3 Å². The summed E-state index contributed by atoms with van der Waals surface area (Å²) in [5.74, 6) is 0.142. The normalized spacial score (nSPS) is 16.9. The summed E-state index contributed by atoms with van der Waals surface area (Å²) in [7, 11) is -3.74. The predicted octanol–water partition coefficient (Wildman–Crippen LogP) is 1.41. The number of fused-ring (bicyclic) bond motifs is 1. The van der Waals surface area contributed by atoms with Crippen molar-refractivity contribution in [2.45, 2.75) is 44.9 Å². The van der Waals surface area contributed by atoms with Crippen LogP contribution in [0, 0.1) is 6.92 Å². The van der Waals surface area contributed by atoms with Gasteiger partial charge in [0.2, 0.25) is 10.0 Å². The highest BCUT2D eigenvalue weighted by Crippen LogP contribution is 2.31. The Labute approximate surface area is 146 Å². The quantitative estimate of drug-likeness (QED) is 0.835. The average Bonchev–Trinajstić information content (AvgIpc) is 2.93. The van der Waals surface area contributed by atoms with Crippen molar-refractivity contribution in [3.63, 3.8) is 0 Å². The maximum Gasteiger partial charge on any atom is 0.265 e. The van der Waals surface area contributed by atoms with Gasteiger partial charge in [-0.15, -0.1) is 0 Å². The van der Waals surface area contributed by atoms with Gasteiger partial charge in [0.1, 0.15) is 5.75 Å². The second kappa shape index (κ2) is 6.49. The van der Waals surface area contributed by atoms with Crippen LogP contribution in [0.5, 0.6) is 5.75 Å². The van der Waals surface area contributed by atoms with Crippen molar-refractivity contribution in [2.75, 3.05) is 5.32 Å². The Bertz CT molecular complexity index is 920. The molecule has 134 valence electrons. The fourth-order valence-electron chi connectivity index (χ4n) is 2.62. The van der Waals surface area contributed by atoms with Gasteiger partial charge in [-0.05, 0) is 45.0 Å². The van der Waals surface area contributed by atoms with Crippen LogP contribution in [-0.4, -0.2) is 30.2 Å². The SMILES string of the molecule is CCn1nc(C)cc1CNS(=O)(=O)c1ccc2c(c1)NC(=O)[C@H](C)O2.